The van der Waals surface area contributed by atoms with Crippen LogP contribution in [0, 0.1) is 5.92 Å². The number of nitrogens with two attached hydrogens (primary N) is 1. The molecule has 258 valence electrons. The maximum atomic E-state index is 13.6. The van der Waals surface area contributed by atoms with E-state index < -0.39 is 36.1 Å². The molecule has 2 atom stereocenters. The molecule has 0 unspecified atom stereocenters. The van der Waals surface area contributed by atoms with Crippen LogP contribution in [0.5, 0.6) is 0 Å². The van der Waals surface area contributed by atoms with Crippen molar-refractivity contribution < 1.29 is 28.7 Å². The van der Waals surface area contributed by atoms with E-state index in [1.807, 2.05) is 19.0 Å². The summed E-state index contributed by atoms with van der Waals surface area (Å²) in [6, 6.07) is -0.825. The Morgan fingerprint density at radius 1 is 1.19 bits per heavy atom. The van der Waals surface area contributed by atoms with E-state index in [0.717, 1.165) is 32.2 Å². The van der Waals surface area contributed by atoms with Gasteiger partial charge in [-0.3, -0.25) is 19.3 Å². The number of anilines is 1. The summed E-state index contributed by atoms with van der Waals surface area (Å²) in [5.41, 5.74) is 6.92. The molecule has 1 fully saturated rings. The van der Waals surface area contributed by atoms with Crippen LogP contribution < -0.4 is 11.1 Å². The molecule has 47 heavy (non-hydrogen) atoms. The van der Waals surface area contributed by atoms with Crippen LogP contribution in [0.4, 0.5) is 5.13 Å². The number of carbonyl (C=O) groups excluding carboxylic acids is 4. The highest BCUT2D eigenvalue weighted by Crippen LogP contribution is 2.42. The molecule has 0 bridgehead atoms. The third-order valence-corrected chi connectivity index (χ3v) is 10.7. The number of amides is 2. The van der Waals surface area contributed by atoms with Gasteiger partial charge in [-0.05, 0) is 42.9 Å². The highest BCUT2D eigenvalue weighted by atomic mass is 32.2. The monoisotopic (exact) mass is 709 g/mol. The number of ether oxygens (including phenoxy) is 2. The number of likely N-dealkylation sites (N-methyl/N-ethyl adjacent to an activating group) is 1. The molecule has 2 aliphatic heterocycles. The molecule has 0 saturated carbocycles. The minimum absolute atomic E-state index is 0.0209. The Bertz CT molecular complexity index is 1420. The molecule has 18 heteroatoms. The first kappa shape index (κ1) is 36.6. The van der Waals surface area contributed by atoms with E-state index in [1.165, 1.54) is 39.8 Å². The van der Waals surface area contributed by atoms with Crippen molar-refractivity contribution in [2.24, 2.45) is 5.92 Å². The molecule has 0 spiro atoms. The van der Waals surface area contributed by atoms with Crippen LogP contribution in [0.15, 0.2) is 21.8 Å². The normalized spacial score (nSPS) is 17.6. The fraction of sp³-hybridized carbons (Fsp3) is 0.655. The number of carbonyl (C=O) groups is 4. The van der Waals surface area contributed by atoms with Crippen LogP contribution in [0.25, 0.3) is 0 Å². The summed E-state index contributed by atoms with van der Waals surface area (Å²) in [5, 5.41) is 16.9. The second-order valence-electron chi connectivity index (χ2n) is 11.5. The number of unbranched alkanes of at least 4 members (excludes halogenated alkanes) is 2. The average molecular weight is 710 g/mol. The van der Waals surface area contributed by atoms with E-state index in [1.54, 1.807) is 10.1 Å². The predicted octanol–water partition coefficient (Wildman–Crippen LogP) is 2.30. The van der Waals surface area contributed by atoms with Gasteiger partial charge in [-0.1, -0.05) is 51.3 Å². The molecule has 4 rings (SSSR count). The summed E-state index contributed by atoms with van der Waals surface area (Å²) in [6.45, 7) is 4.89. The minimum Gasteiger partial charge on any atom is -0.428 e. The third kappa shape index (κ3) is 9.90. The van der Waals surface area contributed by atoms with E-state index in [2.05, 4.69) is 39.7 Å². The van der Waals surface area contributed by atoms with Crippen molar-refractivity contribution >= 4 is 63.7 Å². The Balaban J connectivity index is 1.46. The number of aromatic nitrogens is 5. The Morgan fingerprint density at radius 2 is 1.94 bits per heavy atom. The van der Waals surface area contributed by atoms with E-state index in [0.29, 0.717) is 52.4 Å². The van der Waals surface area contributed by atoms with Crippen LogP contribution in [0.3, 0.4) is 0 Å². The quantitative estimate of drug-likeness (QED) is 0.0936. The molecule has 0 radical (unpaired) electrons. The summed E-state index contributed by atoms with van der Waals surface area (Å²) in [6.07, 6.45) is 5.15. The first-order valence-corrected chi connectivity index (χ1v) is 18.6. The van der Waals surface area contributed by atoms with Crippen LogP contribution in [-0.4, -0.2) is 109 Å². The smallest absolute Gasteiger partial charge is 0.357 e. The second-order valence-corrected chi connectivity index (χ2v) is 14.5. The summed E-state index contributed by atoms with van der Waals surface area (Å²) >= 11 is 4.01. The number of nitrogen functional groups attached to an aromatic ring is 1. The van der Waals surface area contributed by atoms with Gasteiger partial charge in [0.05, 0.1) is 24.6 Å². The SMILES string of the molecule is CCCCC(CCCC)C(=O)OCOC(=O)C1=C(CSc2nnnn2CCN(C)C)CS[C@H]2[C@H](NC(=O)Cc3csc(N)n3)C(=O)N12. The van der Waals surface area contributed by atoms with Gasteiger partial charge in [0, 0.05) is 23.4 Å². The molecular weight excluding hydrogens is 667 g/mol. The summed E-state index contributed by atoms with van der Waals surface area (Å²) in [7, 11) is 3.91. The van der Waals surface area contributed by atoms with Gasteiger partial charge in [0.25, 0.3) is 5.91 Å². The van der Waals surface area contributed by atoms with Crippen LogP contribution >= 0.6 is 34.9 Å². The molecule has 2 aromatic rings. The number of nitrogens with one attached hydrogen (secondary N) is 1. The van der Waals surface area contributed by atoms with Gasteiger partial charge in [0.15, 0.2) is 5.13 Å². The number of esters is 2. The molecule has 3 N–H and O–H groups in total. The van der Waals surface area contributed by atoms with Crippen molar-refractivity contribution in [3.05, 3.63) is 22.3 Å². The largest absolute Gasteiger partial charge is 0.428 e. The van der Waals surface area contributed by atoms with Crippen molar-refractivity contribution in [2.45, 2.75) is 81.9 Å². The number of rotatable bonds is 19. The molecule has 15 nitrogen and oxygen atoms in total. The van der Waals surface area contributed by atoms with E-state index in [4.69, 9.17) is 15.2 Å². The topological polar surface area (TPSA) is 188 Å². The van der Waals surface area contributed by atoms with Gasteiger partial charge in [0.2, 0.25) is 17.9 Å². The maximum absolute atomic E-state index is 13.6. The van der Waals surface area contributed by atoms with Crippen LogP contribution in [0.1, 0.15) is 58.1 Å². The number of thioether (sulfide) groups is 2. The zero-order valence-electron chi connectivity index (χ0n) is 27.2. The van der Waals surface area contributed by atoms with Gasteiger partial charge in [-0.2, -0.15) is 0 Å². The Hall–Kier alpha value is -3.22. The Morgan fingerprint density at radius 3 is 2.60 bits per heavy atom. The molecule has 0 aromatic carbocycles. The molecule has 0 aliphatic carbocycles. The van der Waals surface area contributed by atoms with Crippen molar-refractivity contribution in [3.63, 3.8) is 0 Å². The summed E-state index contributed by atoms with van der Waals surface area (Å²) < 4.78 is 12.5. The van der Waals surface area contributed by atoms with Crippen molar-refractivity contribution in [2.75, 3.05) is 44.7 Å². The molecule has 2 aromatic heterocycles. The standard InChI is InChI=1S/C29H43N9O6S3/c1-5-7-9-18(10-8-6-2)26(41)43-17-44-27(42)23-19(15-47-29-33-34-35-37(29)12-11-36(3)4)14-45-25-22(24(40)38(23)25)32-21(39)13-20-16-46-28(30)31-20/h16,18,22,25H,5-15,17H2,1-4H3,(H2,30,31)(H,32,39)/t22-,25+/m1/s1. The second kappa shape index (κ2) is 17.8. The van der Waals surface area contributed by atoms with Crippen LogP contribution in [-0.2, 0) is 41.6 Å². The van der Waals surface area contributed by atoms with Gasteiger partial charge >= 0.3 is 11.9 Å². The number of tetrazole rings is 1. The maximum Gasteiger partial charge on any atom is 0.357 e. The zero-order chi connectivity index (χ0) is 33.9. The van der Waals surface area contributed by atoms with E-state index >= 15 is 0 Å². The third-order valence-electron chi connectivity index (χ3n) is 7.64. The van der Waals surface area contributed by atoms with Gasteiger partial charge < -0.3 is 25.4 Å². The first-order valence-electron chi connectivity index (χ1n) is 15.7. The molecule has 2 aliphatic rings. The number of hydrogen-bond donors (Lipinski definition) is 2. The minimum atomic E-state index is -0.825. The Labute approximate surface area is 286 Å². The number of hydrogen-bond acceptors (Lipinski definition) is 15. The molecule has 1 saturated heterocycles. The summed E-state index contributed by atoms with van der Waals surface area (Å²) in [4.78, 5) is 60.1. The van der Waals surface area contributed by atoms with Gasteiger partial charge in [0.1, 0.15) is 17.1 Å². The molecule has 2 amide bonds. The molecule has 4 heterocycles. The molecular formula is C29H43N9O6S3. The van der Waals surface area contributed by atoms with E-state index in [9.17, 15) is 19.2 Å². The first-order chi connectivity index (χ1) is 22.6. The fourth-order valence-corrected chi connectivity index (χ4v) is 8.02. The number of β-lactam (4-membered cyclic amide) rings is 1. The lowest BCUT2D eigenvalue weighted by Gasteiger charge is -2.49. The summed E-state index contributed by atoms with van der Waals surface area (Å²) in [5.74, 6) is -1.52. The number of nitrogens with zero attached hydrogens (tertiary/aromatic N) is 7. The van der Waals surface area contributed by atoms with E-state index in [-0.39, 0.29) is 23.9 Å². The predicted molar refractivity (Wildman–Crippen MR) is 179 cm³/mol. The highest BCUT2D eigenvalue weighted by molar-refractivity contribution is 8.01. The lowest BCUT2D eigenvalue weighted by atomic mass is 9.96. The lowest BCUT2D eigenvalue weighted by Crippen LogP contribution is -2.70. The zero-order valence-corrected chi connectivity index (χ0v) is 29.6. The highest BCUT2D eigenvalue weighted by Gasteiger charge is 2.54. The van der Waals surface area contributed by atoms with Gasteiger partial charge in [-0.25, -0.2) is 14.5 Å². The van der Waals surface area contributed by atoms with Crippen molar-refractivity contribution in [3.8, 4) is 0 Å². The van der Waals surface area contributed by atoms with Crippen LogP contribution in [0.2, 0.25) is 0 Å². The number of fused-ring (bicyclic) bond motifs is 1. The fourth-order valence-electron chi connectivity index (χ4n) is 5.07. The average Bonchev–Trinajstić information content (AvgIpc) is 3.68. The van der Waals surface area contributed by atoms with Crippen molar-refractivity contribution in [1.82, 2.24) is 40.3 Å². The Kier molecular flexibility index (Phi) is 13.9. The van der Waals surface area contributed by atoms with Crippen molar-refractivity contribution in [1.29, 1.82) is 0 Å². The van der Waals surface area contributed by atoms with Gasteiger partial charge in [-0.15, -0.1) is 28.2 Å². The lowest BCUT2D eigenvalue weighted by molar-refractivity contribution is -0.171. The number of thiazole rings is 1.